The summed E-state index contributed by atoms with van der Waals surface area (Å²) in [4.78, 5) is 0. The van der Waals surface area contributed by atoms with Gasteiger partial charge in [-0.25, -0.2) is 8.42 Å². The van der Waals surface area contributed by atoms with Crippen LogP contribution in [-0.4, -0.2) is 54.7 Å². The summed E-state index contributed by atoms with van der Waals surface area (Å²) in [6, 6.07) is 0.852. The van der Waals surface area contributed by atoms with Crippen molar-refractivity contribution in [3.05, 3.63) is 0 Å². The fraction of sp³-hybridized carbons (Fsp3) is 1.00. The van der Waals surface area contributed by atoms with Crippen LogP contribution in [0.2, 0.25) is 0 Å². The summed E-state index contributed by atoms with van der Waals surface area (Å²) in [5.41, 5.74) is 0. The van der Waals surface area contributed by atoms with Gasteiger partial charge in [0.1, 0.15) is 0 Å². The van der Waals surface area contributed by atoms with Gasteiger partial charge in [0.2, 0.25) is 10.0 Å². The molecule has 2 unspecified atom stereocenters. The van der Waals surface area contributed by atoms with Gasteiger partial charge in [-0.05, 0) is 39.2 Å². The predicted octanol–water partition coefficient (Wildman–Crippen LogP) is 1.67. The molecule has 112 valence electrons. The zero-order chi connectivity index (χ0) is 13.9. The summed E-state index contributed by atoms with van der Waals surface area (Å²) in [7, 11) is -3.06. The first-order chi connectivity index (χ1) is 9.00. The van der Waals surface area contributed by atoms with Gasteiger partial charge in [0, 0.05) is 29.6 Å². The van der Waals surface area contributed by atoms with Crippen molar-refractivity contribution in [1.29, 1.82) is 0 Å². The van der Waals surface area contributed by atoms with Crippen LogP contribution in [0.15, 0.2) is 0 Å². The first-order valence-corrected chi connectivity index (χ1v) is 10.0. The number of rotatable bonds is 7. The molecule has 2 rings (SSSR count). The average molecular weight is 306 g/mol. The van der Waals surface area contributed by atoms with Gasteiger partial charge in [0.25, 0.3) is 0 Å². The van der Waals surface area contributed by atoms with E-state index in [1.165, 1.54) is 12.8 Å². The Morgan fingerprint density at radius 2 is 2.00 bits per heavy atom. The highest BCUT2D eigenvalue weighted by Gasteiger charge is 2.33. The molecule has 1 aliphatic heterocycles. The minimum absolute atomic E-state index is 0.133. The molecule has 4 nitrogen and oxygen atoms in total. The normalized spacial score (nSPS) is 29.6. The van der Waals surface area contributed by atoms with Crippen molar-refractivity contribution < 1.29 is 8.42 Å². The maximum Gasteiger partial charge on any atom is 0.214 e. The lowest BCUT2D eigenvalue weighted by Gasteiger charge is -2.36. The fourth-order valence-electron chi connectivity index (χ4n) is 2.42. The van der Waals surface area contributed by atoms with Crippen LogP contribution in [0.3, 0.4) is 0 Å². The van der Waals surface area contributed by atoms with E-state index >= 15 is 0 Å². The molecule has 2 fully saturated rings. The van der Waals surface area contributed by atoms with Gasteiger partial charge >= 0.3 is 0 Å². The Bertz CT molecular complexity index is 382. The molecule has 6 heteroatoms. The Morgan fingerprint density at radius 3 is 2.68 bits per heavy atom. The van der Waals surface area contributed by atoms with Crippen LogP contribution in [0.25, 0.3) is 0 Å². The molecule has 0 aromatic carbocycles. The summed E-state index contributed by atoms with van der Waals surface area (Å²) < 4.78 is 26.4. The van der Waals surface area contributed by atoms with Gasteiger partial charge in [-0.15, -0.1) is 0 Å². The number of unbranched alkanes of at least 4 members (excludes halogenated alkanes) is 1. The monoisotopic (exact) mass is 306 g/mol. The summed E-state index contributed by atoms with van der Waals surface area (Å²) in [6.07, 6.45) is 4.31. The van der Waals surface area contributed by atoms with E-state index < -0.39 is 10.0 Å². The number of thioether (sulfide) groups is 1. The summed E-state index contributed by atoms with van der Waals surface area (Å²) in [6.45, 7) is 5.79. The zero-order valence-electron chi connectivity index (χ0n) is 12.0. The van der Waals surface area contributed by atoms with Crippen LogP contribution in [-0.2, 0) is 10.0 Å². The third-order valence-corrected chi connectivity index (χ3v) is 7.39. The summed E-state index contributed by atoms with van der Waals surface area (Å²) >= 11 is 1.87. The molecule has 1 saturated carbocycles. The van der Waals surface area contributed by atoms with Crippen LogP contribution < -0.4 is 5.32 Å². The number of nitrogens with one attached hydrogen (secondary N) is 1. The van der Waals surface area contributed by atoms with Crippen LogP contribution in [0.4, 0.5) is 0 Å². The first-order valence-electron chi connectivity index (χ1n) is 7.35. The van der Waals surface area contributed by atoms with Crippen molar-refractivity contribution in [2.75, 3.05) is 24.6 Å². The molecule has 0 aromatic rings. The third kappa shape index (κ3) is 4.62. The minimum Gasteiger partial charge on any atom is -0.314 e. The standard InChI is InChI=1S/C13H26N2O2S2/c1-11-12(2)18-9-8-15(11)19(16,17)10-4-3-7-14-13-5-6-13/h11-14H,3-10H2,1-2H3. The number of hydrogen-bond donors (Lipinski definition) is 1. The topological polar surface area (TPSA) is 49.4 Å². The lowest BCUT2D eigenvalue weighted by Crippen LogP contribution is -2.48. The molecule has 2 atom stereocenters. The SMILES string of the molecule is CC1SCCN(S(=O)(=O)CCCCNC2CC2)C1C. The molecule has 0 bridgehead atoms. The van der Waals surface area contributed by atoms with E-state index in [0.717, 1.165) is 31.2 Å². The first kappa shape index (κ1) is 15.6. The molecule has 19 heavy (non-hydrogen) atoms. The summed E-state index contributed by atoms with van der Waals surface area (Å²) in [5.74, 6) is 1.23. The molecular weight excluding hydrogens is 280 g/mol. The molecule has 1 saturated heterocycles. The lowest BCUT2D eigenvalue weighted by atomic mass is 10.2. The Hall–Kier alpha value is 0.220. The largest absolute Gasteiger partial charge is 0.314 e. The number of sulfonamides is 1. The van der Waals surface area contributed by atoms with Crippen molar-refractivity contribution in [3.63, 3.8) is 0 Å². The van der Waals surface area contributed by atoms with Gasteiger partial charge in [0.05, 0.1) is 5.75 Å². The van der Waals surface area contributed by atoms with E-state index in [1.54, 1.807) is 4.31 Å². The highest BCUT2D eigenvalue weighted by atomic mass is 32.2. The second-order valence-corrected chi connectivity index (χ2v) is 9.20. The quantitative estimate of drug-likeness (QED) is 0.727. The Balaban J connectivity index is 1.73. The van der Waals surface area contributed by atoms with Gasteiger partial charge in [-0.2, -0.15) is 16.1 Å². The van der Waals surface area contributed by atoms with E-state index in [1.807, 2.05) is 18.7 Å². The van der Waals surface area contributed by atoms with Gasteiger partial charge in [-0.3, -0.25) is 0 Å². The van der Waals surface area contributed by atoms with Crippen LogP contribution >= 0.6 is 11.8 Å². The Labute approximate surface area is 121 Å². The van der Waals surface area contributed by atoms with Gasteiger partial charge < -0.3 is 5.32 Å². The fourth-order valence-corrected chi connectivity index (χ4v) is 5.57. The van der Waals surface area contributed by atoms with E-state index in [-0.39, 0.29) is 6.04 Å². The lowest BCUT2D eigenvalue weighted by molar-refractivity contribution is 0.339. The maximum atomic E-state index is 12.3. The van der Waals surface area contributed by atoms with Crippen molar-refractivity contribution in [2.24, 2.45) is 0 Å². The molecule has 0 spiro atoms. The van der Waals surface area contributed by atoms with Crippen LogP contribution in [0.5, 0.6) is 0 Å². The molecule has 0 amide bonds. The van der Waals surface area contributed by atoms with Crippen LogP contribution in [0.1, 0.15) is 39.5 Å². The maximum absolute atomic E-state index is 12.3. The van der Waals surface area contributed by atoms with E-state index in [2.05, 4.69) is 12.2 Å². The Kier molecular flexibility index (Phi) is 5.57. The van der Waals surface area contributed by atoms with Crippen molar-refractivity contribution in [2.45, 2.75) is 56.9 Å². The van der Waals surface area contributed by atoms with Gasteiger partial charge in [-0.1, -0.05) is 6.92 Å². The molecular formula is C13H26N2O2S2. The molecule has 1 N–H and O–H groups in total. The molecule has 1 aliphatic carbocycles. The average Bonchev–Trinajstić information content (AvgIpc) is 3.16. The van der Waals surface area contributed by atoms with Crippen molar-refractivity contribution in [3.8, 4) is 0 Å². The Morgan fingerprint density at radius 1 is 1.26 bits per heavy atom. The second-order valence-electron chi connectivity index (χ2n) is 5.68. The van der Waals surface area contributed by atoms with E-state index in [4.69, 9.17) is 0 Å². The van der Waals surface area contributed by atoms with Gasteiger partial charge in [0.15, 0.2) is 0 Å². The highest BCUT2D eigenvalue weighted by Crippen LogP contribution is 2.26. The highest BCUT2D eigenvalue weighted by molar-refractivity contribution is 8.00. The molecule has 2 aliphatic rings. The number of nitrogens with zero attached hydrogens (tertiary/aromatic N) is 1. The third-order valence-electron chi connectivity index (χ3n) is 4.02. The zero-order valence-corrected chi connectivity index (χ0v) is 13.6. The number of hydrogen-bond acceptors (Lipinski definition) is 4. The van der Waals surface area contributed by atoms with Crippen LogP contribution in [0, 0.1) is 0 Å². The van der Waals surface area contributed by atoms with Crippen molar-refractivity contribution in [1.82, 2.24) is 9.62 Å². The smallest absolute Gasteiger partial charge is 0.214 e. The molecule has 0 radical (unpaired) electrons. The second kappa shape index (κ2) is 6.78. The van der Waals surface area contributed by atoms with E-state index in [9.17, 15) is 8.42 Å². The molecule has 0 aromatic heterocycles. The van der Waals surface area contributed by atoms with Crippen molar-refractivity contribution >= 4 is 21.8 Å². The molecule has 1 heterocycles. The summed E-state index contributed by atoms with van der Waals surface area (Å²) in [5, 5.41) is 3.83. The minimum atomic E-state index is -3.06. The predicted molar refractivity (Wildman–Crippen MR) is 82.1 cm³/mol. The van der Waals surface area contributed by atoms with E-state index in [0.29, 0.717) is 17.5 Å².